The Kier molecular flexibility index (Phi) is 7.63. The fourth-order valence-electron chi connectivity index (χ4n) is 3.55. The molecule has 1 aliphatic rings. The van der Waals surface area contributed by atoms with Gasteiger partial charge in [0.05, 0.1) is 22.1 Å². The maximum atomic E-state index is 12.9. The van der Waals surface area contributed by atoms with E-state index >= 15 is 0 Å². The highest BCUT2D eigenvalue weighted by molar-refractivity contribution is 14.1. The highest BCUT2D eigenvalue weighted by atomic mass is 127. The molecule has 2 amide bonds. The average Bonchev–Trinajstić information content (AvgIpc) is 3.07. The van der Waals surface area contributed by atoms with Crippen molar-refractivity contribution in [2.75, 3.05) is 7.11 Å². The molecule has 0 aliphatic carbocycles. The third-order valence-corrected chi connectivity index (χ3v) is 7.23. The van der Waals surface area contributed by atoms with E-state index in [1.54, 1.807) is 13.2 Å². The molecule has 1 heterocycles. The molecule has 0 radical (unpaired) electrons. The van der Waals surface area contributed by atoms with Gasteiger partial charge in [0.15, 0.2) is 11.5 Å². The number of benzene rings is 3. The number of nitrogens with zero attached hydrogens (tertiary/aromatic N) is 1. The van der Waals surface area contributed by atoms with Crippen LogP contribution < -0.4 is 9.47 Å². The number of imide groups is 1. The molecule has 0 bridgehead atoms. The van der Waals surface area contributed by atoms with Gasteiger partial charge in [-0.25, -0.2) is 0 Å². The first-order chi connectivity index (χ1) is 16.4. The quantitative estimate of drug-likeness (QED) is 0.227. The second kappa shape index (κ2) is 10.7. The molecule has 3 aromatic carbocycles. The monoisotopic (exact) mass is 585 g/mol. The molecule has 174 valence electrons. The van der Waals surface area contributed by atoms with Gasteiger partial charge in [0.25, 0.3) is 11.1 Å². The van der Waals surface area contributed by atoms with Crippen molar-refractivity contribution >= 4 is 51.6 Å². The minimum atomic E-state index is -0.288. The van der Waals surface area contributed by atoms with Crippen molar-refractivity contribution in [1.82, 2.24) is 4.90 Å². The zero-order chi connectivity index (χ0) is 24.2. The highest BCUT2D eigenvalue weighted by Crippen LogP contribution is 2.38. The van der Waals surface area contributed by atoms with Gasteiger partial charge in [0, 0.05) is 0 Å². The molecule has 1 saturated heterocycles. The smallest absolute Gasteiger partial charge is 0.293 e. The highest BCUT2D eigenvalue weighted by Gasteiger charge is 2.35. The van der Waals surface area contributed by atoms with Crippen molar-refractivity contribution in [3.05, 3.63) is 97.0 Å². The molecule has 1 aliphatic heterocycles. The second-order valence-corrected chi connectivity index (χ2v) is 10.2. The van der Waals surface area contributed by atoms with Crippen LogP contribution in [0.2, 0.25) is 0 Å². The van der Waals surface area contributed by atoms with E-state index in [0.717, 1.165) is 43.1 Å². The van der Waals surface area contributed by atoms with Crippen molar-refractivity contribution in [2.24, 2.45) is 0 Å². The molecule has 7 heteroatoms. The van der Waals surface area contributed by atoms with Crippen molar-refractivity contribution in [1.29, 1.82) is 0 Å². The molecule has 0 spiro atoms. The fraction of sp³-hybridized carbons (Fsp3) is 0.185. The summed E-state index contributed by atoms with van der Waals surface area (Å²) in [5, 5.41) is -0.267. The van der Waals surface area contributed by atoms with Gasteiger partial charge in [0.2, 0.25) is 0 Å². The van der Waals surface area contributed by atoms with Gasteiger partial charge in [-0.15, -0.1) is 0 Å². The van der Waals surface area contributed by atoms with Gasteiger partial charge in [-0.2, -0.15) is 0 Å². The summed E-state index contributed by atoms with van der Waals surface area (Å²) in [5.74, 6) is 0.936. The summed E-state index contributed by atoms with van der Waals surface area (Å²) in [5.41, 5.74) is 5.08. The lowest BCUT2D eigenvalue weighted by molar-refractivity contribution is -0.123. The number of halogens is 1. The van der Waals surface area contributed by atoms with Gasteiger partial charge >= 0.3 is 0 Å². The molecule has 5 nitrogen and oxygen atoms in total. The second-order valence-electron chi connectivity index (χ2n) is 8.00. The maximum absolute atomic E-state index is 12.9. The van der Waals surface area contributed by atoms with Crippen LogP contribution in [0.3, 0.4) is 0 Å². The molecule has 3 aromatic rings. The number of carbonyl (C=O) groups is 2. The average molecular weight is 585 g/mol. The minimum absolute atomic E-state index is 0.259. The lowest BCUT2D eigenvalue weighted by atomic mass is 10.1. The zero-order valence-corrected chi connectivity index (χ0v) is 22.1. The van der Waals surface area contributed by atoms with E-state index in [1.807, 2.05) is 61.5 Å². The molecule has 0 saturated carbocycles. The number of ether oxygens (including phenoxy) is 2. The molecule has 0 aromatic heterocycles. The van der Waals surface area contributed by atoms with Gasteiger partial charge in [-0.1, -0.05) is 54.1 Å². The Hall–Kier alpha value is -2.78. The number of thioether (sulfide) groups is 1. The summed E-state index contributed by atoms with van der Waals surface area (Å²) in [6.07, 6.45) is 1.73. The van der Waals surface area contributed by atoms with Crippen LogP contribution >= 0.6 is 34.4 Å². The molecular weight excluding hydrogens is 561 g/mol. The number of rotatable bonds is 7. The first-order valence-electron chi connectivity index (χ1n) is 10.7. The number of aryl methyl sites for hydroxylation is 2. The zero-order valence-electron chi connectivity index (χ0n) is 19.1. The Bertz CT molecular complexity index is 1270. The number of hydrogen-bond donors (Lipinski definition) is 0. The van der Waals surface area contributed by atoms with Crippen LogP contribution in [0.1, 0.15) is 27.8 Å². The summed E-state index contributed by atoms with van der Waals surface area (Å²) >= 11 is 3.16. The lowest BCUT2D eigenvalue weighted by Crippen LogP contribution is -2.27. The number of hydrogen-bond acceptors (Lipinski definition) is 5. The summed E-state index contributed by atoms with van der Waals surface area (Å²) < 4.78 is 12.5. The number of amides is 2. The Morgan fingerprint density at radius 1 is 1.03 bits per heavy atom. The summed E-state index contributed by atoms with van der Waals surface area (Å²) in [6, 6.07) is 19.6. The molecule has 0 atom stereocenters. The van der Waals surface area contributed by atoms with Crippen molar-refractivity contribution in [2.45, 2.75) is 27.0 Å². The fourth-order valence-corrected chi connectivity index (χ4v) is 5.17. The van der Waals surface area contributed by atoms with Gasteiger partial charge in [-0.05, 0) is 88.7 Å². The molecule has 34 heavy (non-hydrogen) atoms. The van der Waals surface area contributed by atoms with Crippen LogP contribution in [0.5, 0.6) is 11.5 Å². The lowest BCUT2D eigenvalue weighted by Gasteiger charge is -2.15. The van der Waals surface area contributed by atoms with Crippen LogP contribution in [0.15, 0.2) is 65.6 Å². The molecular formula is C27H24INO4S. The topological polar surface area (TPSA) is 55.8 Å². The van der Waals surface area contributed by atoms with E-state index in [-0.39, 0.29) is 17.7 Å². The predicted octanol–water partition coefficient (Wildman–Crippen LogP) is 6.73. The van der Waals surface area contributed by atoms with Gasteiger partial charge in [0.1, 0.15) is 6.61 Å². The van der Waals surface area contributed by atoms with Crippen LogP contribution in [0, 0.1) is 17.4 Å². The predicted molar refractivity (Wildman–Crippen MR) is 144 cm³/mol. The summed E-state index contributed by atoms with van der Waals surface area (Å²) in [7, 11) is 1.59. The molecule has 0 unspecified atom stereocenters. The van der Waals surface area contributed by atoms with E-state index in [1.165, 1.54) is 4.90 Å². The minimum Gasteiger partial charge on any atom is -0.493 e. The summed E-state index contributed by atoms with van der Waals surface area (Å²) in [4.78, 5) is 27.1. The van der Waals surface area contributed by atoms with Gasteiger partial charge in [-0.3, -0.25) is 14.5 Å². The molecule has 1 fully saturated rings. The third-order valence-electron chi connectivity index (χ3n) is 5.52. The maximum Gasteiger partial charge on any atom is 0.293 e. The van der Waals surface area contributed by atoms with Crippen molar-refractivity contribution in [3.63, 3.8) is 0 Å². The van der Waals surface area contributed by atoms with Crippen LogP contribution in [0.25, 0.3) is 6.08 Å². The Morgan fingerprint density at radius 2 is 1.76 bits per heavy atom. The first kappa shape index (κ1) is 24.3. The van der Waals surface area contributed by atoms with Crippen LogP contribution in [0.4, 0.5) is 4.79 Å². The third kappa shape index (κ3) is 5.47. The number of methoxy groups -OCH3 is 1. The van der Waals surface area contributed by atoms with Crippen molar-refractivity contribution < 1.29 is 19.1 Å². The Balaban J connectivity index is 1.53. The standard InChI is InChI=1S/C27H24INO4S/c1-17-8-10-19(11-9-17)15-29-26(30)24(34-27(29)31)14-20-12-22(28)25(23(13-20)32-3)33-16-21-7-5-4-6-18(21)2/h4-14H,15-16H2,1-3H3/b24-14-. The van der Waals surface area contributed by atoms with E-state index in [9.17, 15) is 9.59 Å². The Labute approximate surface area is 217 Å². The first-order valence-corrected chi connectivity index (χ1v) is 12.6. The molecule has 4 rings (SSSR count). The Morgan fingerprint density at radius 3 is 2.47 bits per heavy atom. The van der Waals surface area contributed by atoms with E-state index in [4.69, 9.17) is 9.47 Å². The molecule has 0 N–H and O–H groups in total. The van der Waals surface area contributed by atoms with E-state index in [0.29, 0.717) is 23.0 Å². The SMILES string of the molecule is COc1cc(/C=C2\SC(=O)N(Cc3ccc(C)cc3)C2=O)cc(I)c1OCc1ccccc1C. The largest absolute Gasteiger partial charge is 0.493 e. The van der Waals surface area contributed by atoms with Gasteiger partial charge < -0.3 is 9.47 Å². The normalized spacial score (nSPS) is 14.7. The van der Waals surface area contributed by atoms with Crippen LogP contribution in [-0.2, 0) is 17.9 Å². The van der Waals surface area contributed by atoms with Crippen LogP contribution in [-0.4, -0.2) is 23.2 Å². The van der Waals surface area contributed by atoms with E-state index < -0.39 is 0 Å². The number of carbonyl (C=O) groups excluding carboxylic acids is 2. The van der Waals surface area contributed by atoms with E-state index in [2.05, 4.69) is 35.6 Å². The summed E-state index contributed by atoms with van der Waals surface area (Å²) in [6.45, 7) is 4.74. The van der Waals surface area contributed by atoms with Crippen molar-refractivity contribution in [3.8, 4) is 11.5 Å².